The van der Waals surface area contributed by atoms with Crippen molar-refractivity contribution >= 4 is 17.3 Å². The van der Waals surface area contributed by atoms with Crippen molar-refractivity contribution in [3.05, 3.63) is 38.9 Å². The van der Waals surface area contributed by atoms with Crippen molar-refractivity contribution in [1.29, 1.82) is 5.26 Å². The molecule has 0 N–H and O–H groups in total. The van der Waals surface area contributed by atoms with Gasteiger partial charge in [-0.25, -0.2) is 0 Å². The van der Waals surface area contributed by atoms with E-state index in [0.717, 1.165) is 0 Å². The van der Waals surface area contributed by atoms with Crippen LogP contribution in [0.3, 0.4) is 0 Å². The van der Waals surface area contributed by atoms with Crippen LogP contribution in [-0.4, -0.2) is 4.92 Å². The summed E-state index contributed by atoms with van der Waals surface area (Å²) >= 11 is 5.69. The van der Waals surface area contributed by atoms with Crippen LogP contribution in [0, 0.1) is 21.4 Å². The number of nitro groups is 1. The Balaban J connectivity index is 2.57. The molecule has 0 aromatic heterocycles. The number of halogens is 1. The standard InChI is InChI=1S/C10H7ClN2O2/c11-7-1-2-8(9(5-7)13(14)15)10(6-12)3-4-10/h1-2,5H,3-4H2. The first-order valence-electron chi connectivity index (χ1n) is 4.45. The molecule has 0 amide bonds. The molecule has 0 aliphatic heterocycles. The fourth-order valence-electron chi connectivity index (χ4n) is 1.63. The van der Waals surface area contributed by atoms with Gasteiger partial charge in [-0.15, -0.1) is 0 Å². The average Bonchev–Trinajstić information content (AvgIpc) is 2.98. The first kappa shape index (κ1) is 9.94. The van der Waals surface area contributed by atoms with Gasteiger partial charge in [0.25, 0.3) is 5.69 Å². The predicted octanol–water partition coefficient (Wildman–Crippen LogP) is 2.80. The third kappa shape index (κ3) is 1.55. The van der Waals surface area contributed by atoms with E-state index in [4.69, 9.17) is 16.9 Å². The molecule has 1 aromatic rings. The summed E-state index contributed by atoms with van der Waals surface area (Å²) < 4.78 is 0. The number of nitriles is 1. The molecule has 1 saturated carbocycles. The second-order valence-corrected chi connectivity index (χ2v) is 4.05. The van der Waals surface area contributed by atoms with E-state index in [1.165, 1.54) is 6.07 Å². The van der Waals surface area contributed by atoms with Gasteiger partial charge in [-0.1, -0.05) is 11.6 Å². The molecule has 1 aliphatic rings. The second-order valence-electron chi connectivity index (χ2n) is 3.61. The minimum absolute atomic E-state index is 0.0541. The van der Waals surface area contributed by atoms with Gasteiger partial charge in [0.15, 0.2) is 0 Å². The van der Waals surface area contributed by atoms with E-state index in [1.54, 1.807) is 12.1 Å². The Kier molecular flexibility index (Phi) is 2.13. The van der Waals surface area contributed by atoms with Crippen LogP contribution < -0.4 is 0 Å². The summed E-state index contributed by atoms with van der Waals surface area (Å²) in [5, 5.41) is 20.1. The Hall–Kier alpha value is -1.60. The van der Waals surface area contributed by atoms with Crippen molar-refractivity contribution in [3.8, 4) is 6.07 Å². The fourth-order valence-corrected chi connectivity index (χ4v) is 1.79. The highest BCUT2D eigenvalue weighted by molar-refractivity contribution is 6.30. The Morgan fingerprint density at radius 3 is 2.67 bits per heavy atom. The zero-order valence-corrected chi connectivity index (χ0v) is 8.49. The first-order chi connectivity index (χ1) is 7.09. The highest BCUT2D eigenvalue weighted by Gasteiger charge is 2.48. The number of nitro benzene ring substituents is 1. The molecular weight excluding hydrogens is 216 g/mol. The molecule has 0 saturated heterocycles. The topological polar surface area (TPSA) is 66.9 Å². The van der Waals surface area contributed by atoms with Crippen LogP contribution in [0.4, 0.5) is 5.69 Å². The van der Waals surface area contributed by atoms with Gasteiger partial charge in [-0.2, -0.15) is 5.26 Å². The van der Waals surface area contributed by atoms with Crippen molar-refractivity contribution in [2.75, 3.05) is 0 Å². The molecule has 1 fully saturated rings. The number of hydrogen-bond donors (Lipinski definition) is 0. The van der Waals surface area contributed by atoms with Crippen LogP contribution >= 0.6 is 11.6 Å². The van der Waals surface area contributed by atoms with E-state index in [1.807, 2.05) is 0 Å². The summed E-state index contributed by atoms with van der Waals surface area (Å²) in [7, 11) is 0. The van der Waals surface area contributed by atoms with Gasteiger partial charge in [-0.05, 0) is 25.0 Å². The van der Waals surface area contributed by atoms with Gasteiger partial charge in [0.1, 0.15) is 0 Å². The molecule has 1 aliphatic carbocycles. The zero-order valence-electron chi connectivity index (χ0n) is 7.74. The van der Waals surface area contributed by atoms with Gasteiger partial charge in [0, 0.05) is 11.1 Å². The lowest BCUT2D eigenvalue weighted by atomic mass is 9.96. The molecule has 0 bridgehead atoms. The van der Waals surface area contributed by atoms with Crippen LogP contribution in [0.1, 0.15) is 18.4 Å². The Morgan fingerprint density at radius 2 is 2.20 bits per heavy atom. The fraction of sp³-hybridized carbons (Fsp3) is 0.300. The lowest BCUT2D eigenvalue weighted by Crippen LogP contribution is -2.06. The van der Waals surface area contributed by atoms with E-state index < -0.39 is 10.3 Å². The van der Waals surface area contributed by atoms with Gasteiger partial charge < -0.3 is 0 Å². The third-order valence-corrected chi connectivity index (χ3v) is 2.87. The van der Waals surface area contributed by atoms with Gasteiger partial charge >= 0.3 is 0 Å². The molecule has 0 spiro atoms. The molecule has 1 aromatic carbocycles. The summed E-state index contributed by atoms with van der Waals surface area (Å²) in [6.45, 7) is 0. The Morgan fingerprint density at radius 1 is 1.53 bits per heavy atom. The molecular formula is C10H7ClN2O2. The van der Waals surface area contributed by atoms with E-state index in [2.05, 4.69) is 6.07 Å². The maximum absolute atomic E-state index is 10.8. The van der Waals surface area contributed by atoms with E-state index in [9.17, 15) is 10.1 Å². The van der Waals surface area contributed by atoms with Crippen LogP contribution in [0.15, 0.2) is 18.2 Å². The SMILES string of the molecule is N#CC1(c2ccc(Cl)cc2[N+](=O)[O-])CC1. The molecule has 15 heavy (non-hydrogen) atoms. The van der Waals surface area contributed by atoms with Crippen molar-refractivity contribution in [1.82, 2.24) is 0 Å². The summed E-state index contributed by atoms with van der Waals surface area (Å²) in [5.41, 5.74) is -0.214. The summed E-state index contributed by atoms with van der Waals surface area (Å²) in [4.78, 5) is 10.3. The van der Waals surface area contributed by atoms with E-state index >= 15 is 0 Å². The molecule has 0 heterocycles. The molecule has 76 valence electrons. The number of nitrogens with zero attached hydrogens (tertiary/aromatic N) is 2. The van der Waals surface area contributed by atoms with E-state index in [0.29, 0.717) is 23.4 Å². The third-order valence-electron chi connectivity index (χ3n) is 2.64. The normalized spacial score (nSPS) is 16.8. The highest BCUT2D eigenvalue weighted by atomic mass is 35.5. The highest BCUT2D eigenvalue weighted by Crippen LogP contribution is 2.50. The van der Waals surface area contributed by atoms with Crippen LogP contribution in [0.2, 0.25) is 5.02 Å². The minimum atomic E-state index is -0.646. The molecule has 4 nitrogen and oxygen atoms in total. The van der Waals surface area contributed by atoms with Crippen molar-refractivity contribution in [3.63, 3.8) is 0 Å². The van der Waals surface area contributed by atoms with Crippen LogP contribution in [0.25, 0.3) is 0 Å². The number of hydrogen-bond acceptors (Lipinski definition) is 3. The van der Waals surface area contributed by atoms with E-state index in [-0.39, 0.29) is 5.69 Å². The van der Waals surface area contributed by atoms with Gasteiger partial charge in [0.2, 0.25) is 0 Å². The maximum atomic E-state index is 10.8. The van der Waals surface area contributed by atoms with Crippen molar-refractivity contribution in [2.45, 2.75) is 18.3 Å². The molecule has 2 rings (SSSR count). The lowest BCUT2D eigenvalue weighted by Gasteiger charge is -2.06. The second kappa shape index (κ2) is 3.21. The van der Waals surface area contributed by atoms with Crippen LogP contribution in [0.5, 0.6) is 0 Å². The monoisotopic (exact) mass is 222 g/mol. The molecule has 5 heteroatoms. The van der Waals surface area contributed by atoms with Crippen molar-refractivity contribution < 1.29 is 4.92 Å². The Labute approximate surface area is 91.2 Å². The smallest absolute Gasteiger partial charge is 0.258 e. The lowest BCUT2D eigenvalue weighted by molar-refractivity contribution is -0.385. The largest absolute Gasteiger partial charge is 0.275 e. The minimum Gasteiger partial charge on any atom is -0.258 e. The molecule has 0 unspecified atom stereocenters. The van der Waals surface area contributed by atoms with Gasteiger partial charge in [0.05, 0.1) is 22.0 Å². The zero-order chi connectivity index (χ0) is 11.1. The number of rotatable bonds is 2. The van der Waals surface area contributed by atoms with Crippen LogP contribution in [-0.2, 0) is 5.41 Å². The quantitative estimate of drug-likeness (QED) is 0.571. The summed E-state index contributed by atoms with van der Waals surface area (Å²) in [6, 6.07) is 6.60. The molecule has 0 atom stereocenters. The summed E-state index contributed by atoms with van der Waals surface area (Å²) in [5.74, 6) is 0. The average molecular weight is 223 g/mol. The molecule has 0 radical (unpaired) electrons. The maximum Gasteiger partial charge on any atom is 0.275 e. The number of benzene rings is 1. The Bertz CT molecular complexity index is 475. The predicted molar refractivity (Wildman–Crippen MR) is 54.6 cm³/mol. The van der Waals surface area contributed by atoms with Gasteiger partial charge in [-0.3, -0.25) is 10.1 Å². The van der Waals surface area contributed by atoms with Crippen molar-refractivity contribution in [2.24, 2.45) is 0 Å². The summed E-state index contributed by atoms with van der Waals surface area (Å²) in [6.07, 6.45) is 1.37. The first-order valence-corrected chi connectivity index (χ1v) is 4.82.